The van der Waals surface area contributed by atoms with Crippen molar-refractivity contribution in [3.63, 3.8) is 0 Å². The smallest absolute Gasteiger partial charge is 0.260 e. The van der Waals surface area contributed by atoms with Gasteiger partial charge in [-0.2, -0.15) is 31.6 Å². The highest BCUT2D eigenvalue weighted by atomic mass is 35.5. The van der Waals surface area contributed by atoms with E-state index in [2.05, 4.69) is 6.58 Å². The molecule has 0 spiro atoms. The quantitative estimate of drug-likeness (QED) is 0.269. The van der Waals surface area contributed by atoms with Crippen LogP contribution in [0.2, 0.25) is 10.0 Å². The topological polar surface area (TPSA) is 56.3 Å². The first-order valence-corrected chi connectivity index (χ1v) is 10.1. The number of anilines is 1. The van der Waals surface area contributed by atoms with Gasteiger partial charge in [-0.1, -0.05) is 42.3 Å². The maximum absolute atomic E-state index is 13.2. The summed E-state index contributed by atoms with van der Waals surface area (Å²) < 4.78 is 78.9. The van der Waals surface area contributed by atoms with Crippen molar-refractivity contribution in [3.05, 3.63) is 50.5 Å². The standard InChI is InChI=1S/C18H16Cl2F6N4S/c1-8(2)9(3)4-13-16(31-18(24,25)26)14(7-27)30(28)29(13)15-11(19)5-10(6-12(15)20)17(21,22)23/h5-6,9,14H,1,4,28H2,2-3H3. The van der Waals surface area contributed by atoms with Gasteiger partial charge < -0.3 is 0 Å². The molecule has 2 rings (SSSR count). The largest absolute Gasteiger partial charge is 0.446 e. The predicted molar refractivity (Wildman–Crippen MR) is 109 cm³/mol. The molecule has 0 saturated carbocycles. The van der Waals surface area contributed by atoms with Crippen LogP contribution in [-0.4, -0.2) is 16.7 Å². The summed E-state index contributed by atoms with van der Waals surface area (Å²) >= 11 is 11.6. The zero-order chi connectivity index (χ0) is 23.9. The van der Waals surface area contributed by atoms with Gasteiger partial charge in [0.1, 0.15) is 0 Å². The van der Waals surface area contributed by atoms with E-state index in [0.29, 0.717) is 22.8 Å². The van der Waals surface area contributed by atoms with Gasteiger partial charge in [-0.3, -0.25) is 5.01 Å². The first kappa shape index (κ1) is 25.7. The van der Waals surface area contributed by atoms with Gasteiger partial charge in [-0.15, -0.1) is 5.12 Å². The summed E-state index contributed by atoms with van der Waals surface area (Å²) in [6.07, 6.45) is -4.80. The molecule has 1 aliphatic rings. The number of allylic oxidation sites excluding steroid dienone is 2. The Labute approximate surface area is 188 Å². The number of hydrogen-bond donors (Lipinski definition) is 1. The molecule has 170 valence electrons. The Balaban J connectivity index is 2.74. The summed E-state index contributed by atoms with van der Waals surface area (Å²) in [5.74, 6) is 5.58. The average Bonchev–Trinajstić information content (AvgIpc) is 2.83. The van der Waals surface area contributed by atoms with E-state index in [9.17, 15) is 31.6 Å². The number of halogens is 8. The molecule has 13 heteroatoms. The molecule has 2 N–H and O–H groups in total. The van der Waals surface area contributed by atoms with Crippen LogP contribution in [0.25, 0.3) is 0 Å². The van der Waals surface area contributed by atoms with Crippen molar-refractivity contribution in [1.82, 2.24) is 5.12 Å². The van der Waals surface area contributed by atoms with Crippen LogP contribution >= 0.6 is 35.0 Å². The lowest BCUT2D eigenvalue weighted by Crippen LogP contribution is -2.48. The highest BCUT2D eigenvalue weighted by Gasteiger charge is 2.46. The molecule has 0 fully saturated rings. The van der Waals surface area contributed by atoms with Crippen molar-refractivity contribution in [2.24, 2.45) is 11.8 Å². The highest BCUT2D eigenvalue weighted by Crippen LogP contribution is 2.50. The van der Waals surface area contributed by atoms with E-state index in [1.54, 1.807) is 19.9 Å². The summed E-state index contributed by atoms with van der Waals surface area (Å²) in [6.45, 7) is 7.13. The average molecular weight is 505 g/mol. The fourth-order valence-corrected chi connectivity index (χ4v) is 4.28. The molecular weight excluding hydrogens is 489 g/mol. The van der Waals surface area contributed by atoms with Crippen LogP contribution in [0.4, 0.5) is 32.0 Å². The molecule has 2 atom stereocenters. The summed E-state index contributed by atoms with van der Waals surface area (Å²) in [4.78, 5) is -0.419. The lowest BCUT2D eigenvalue weighted by Gasteiger charge is -2.32. The molecule has 1 aromatic carbocycles. The van der Waals surface area contributed by atoms with Gasteiger partial charge in [-0.25, -0.2) is 5.84 Å². The minimum Gasteiger partial charge on any atom is -0.260 e. The van der Waals surface area contributed by atoms with Crippen LogP contribution in [0.5, 0.6) is 0 Å². The van der Waals surface area contributed by atoms with Crippen LogP contribution in [0.3, 0.4) is 0 Å². The van der Waals surface area contributed by atoms with E-state index in [-0.39, 0.29) is 23.7 Å². The first-order chi connectivity index (χ1) is 14.1. The van der Waals surface area contributed by atoms with Gasteiger partial charge in [0, 0.05) is 4.91 Å². The van der Waals surface area contributed by atoms with Crippen LogP contribution in [0.1, 0.15) is 25.8 Å². The molecule has 31 heavy (non-hydrogen) atoms. The molecule has 4 nitrogen and oxygen atoms in total. The third-order valence-corrected chi connectivity index (χ3v) is 6.02. The predicted octanol–water partition coefficient (Wildman–Crippen LogP) is 6.88. The van der Waals surface area contributed by atoms with E-state index in [4.69, 9.17) is 29.0 Å². The second kappa shape index (κ2) is 9.11. The van der Waals surface area contributed by atoms with Crippen molar-refractivity contribution < 1.29 is 26.3 Å². The molecular formula is C18H16Cl2F6N4S. The van der Waals surface area contributed by atoms with E-state index in [1.165, 1.54) is 0 Å². The number of benzene rings is 1. The maximum Gasteiger partial charge on any atom is 0.446 e. The lowest BCUT2D eigenvalue weighted by molar-refractivity contribution is -0.137. The third kappa shape index (κ3) is 5.62. The molecule has 0 amide bonds. The Hall–Kier alpha value is -1.58. The molecule has 1 aliphatic heterocycles. The van der Waals surface area contributed by atoms with Crippen molar-refractivity contribution in [2.45, 2.75) is 38.0 Å². The normalized spacial score (nSPS) is 19.0. The Morgan fingerprint density at radius 1 is 1.26 bits per heavy atom. The number of hydrazine groups is 2. The number of thioether (sulfide) groups is 1. The SMILES string of the molecule is C=C(C)C(C)CC1=C(SC(F)(F)F)C(C#N)N(N)N1c1c(Cl)cc(C(F)(F)F)cc1Cl. The molecule has 0 bridgehead atoms. The summed E-state index contributed by atoms with van der Waals surface area (Å²) in [7, 11) is 0. The van der Waals surface area contributed by atoms with Gasteiger partial charge >= 0.3 is 11.7 Å². The number of alkyl halides is 6. The summed E-state index contributed by atoms with van der Waals surface area (Å²) in [5, 5.41) is 10.1. The minimum atomic E-state index is -4.75. The molecule has 1 aromatic rings. The van der Waals surface area contributed by atoms with Crippen molar-refractivity contribution >= 4 is 40.7 Å². The monoisotopic (exact) mass is 504 g/mol. The molecule has 2 unspecified atom stereocenters. The Bertz CT molecular complexity index is 931. The lowest BCUT2D eigenvalue weighted by atomic mass is 9.98. The Kier molecular flexibility index (Phi) is 7.55. The molecule has 0 aromatic heterocycles. The third-order valence-electron chi connectivity index (χ3n) is 4.53. The zero-order valence-electron chi connectivity index (χ0n) is 16.1. The molecule has 0 radical (unpaired) electrons. The van der Waals surface area contributed by atoms with Crippen molar-refractivity contribution in [2.75, 3.05) is 5.01 Å². The minimum absolute atomic E-state index is 0.0483. The van der Waals surface area contributed by atoms with E-state index < -0.39 is 50.0 Å². The second-order valence-electron chi connectivity index (χ2n) is 6.82. The van der Waals surface area contributed by atoms with Crippen LogP contribution in [0, 0.1) is 17.2 Å². The summed E-state index contributed by atoms with van der Waals surface area (Å²) in [6, 6.07) is 1.30. The fourth-order valence-electron chi connectivity index (χ4n) is 2.83. The van der Waals surface area contributed by atoms with Crippen LogP contribution < -0.4 is 10.9 Å². The number of rotatable bonds is 5. The van der Waals surface area contributed by atoms with Gasteiger partial charge in [0.25, 0.3) is 0 Å². The fraction of sp³-hybridized carbons (Fsp3) is 0.389. The number of nitrogens with two attached hydrogens (primary N) is 1. The highest BCUT2D eigenvalue weighted by molar-refractivity contribution is 8.04. The van der Waals surface area contributed by atoms with Crippen LogP contribution in [0.15, 0.2) is 34.9 Å². The van der Waals surface area contributed by atoms with Crippen LogP contribution in [-0.2, 0) is 6.18 Å². The van der Waals surface area contributed by atoms with E-state index in [0.717, 1.165) is 5.01 Å². The Morgan fingerprint density at radius 2 is 1.77 bits per heavy atom. The molecule has 0 saturated heterocycles. The zero-order valence-corrected chi connectivity index (χ0v) is 18.4. The number of nitrogens with zero attached hydrogens (tertiary/aromatic N) is 3. The van der Waals surface area contributed by atoms with Crippen molar-refractivity contribution in [3.8, 4) is 6.07 Å². The van der Waals surface area contributed by atoms with E-state index >= 15 is 0 Å². The molecule has 1 heterocycles. The maximum atomic E-state index is 13.2. The first-order valence-electron chi connectivity index (χ1n) is 8.52. The Morgan fingerprint density at radius 3 is 2.16 bits per heavy atom. The second-order valence-corrected chi connectivity index (χ2v) is 8.74. The van der Waals surface area contributed by atoms with Gasteiger partial charge in [0.05, 0.1) is 33.1 Å². The number of hydrogen-bond acceptors (Lipinski definition) is 5. The number of nitriles is 1. The molecule has 0 aliphatic carbocycles. The van der Waals surface area contributed by atoms with Gasteiger partial charge in [-0.05, 0) is 43.2 Å². The van der Waals surface area contributed by atoms with E-state index in [1.807, 2.05) is 0 Å². The van der Waals surface area contributed by atoms with Gasteiger partial charge in [0.15, 0.2) is 6.04 Å². The van der Waals surface area contributed by atoms with Crippen molar-refractivity contribution in [1.29, 1.82) is 5.26 Å². The van der Waals surface area contributed by atoms with Gasteiger partial charge in [0.2, 0.25) is 0 Å². The summed E-state index contributed by atoms with van der Waals surface area (Å²) in [5.41, 5.74) is -5.57.